The molecule has 0 radical (unpaired) electrons. The van der Waals surface area contributed by atoms with Crippen molar-refractivity contribution in [1.82, 2.24) is 14.7 Å². The van der Waals surface area contributed by atoms with Gasteiger partial charge in [0, 0.05) is 45.6 Å². The van der Waals surface area contributed by atoms with Gasteiger partial charge in [-0.1, -0.05) is 37.1 Å². The van der Waals surface area contributed by atoms with Crippen LogP contribution in [0.4, 0.5) is 4.79 Å². The van der Waals surface area contributed by atoms with Gasteiger partial charge >= 0.3 is 6.03 Å². The summed E-state index contributed by atoms with van der Waals surface area (Å²) in [5.41, 5.74) is 8.18. The molecule has 1 aliphatic carbocycles. The fourth-order valence-electron chi connectivity index (χ4n) is 5.52. The molecule has 152 valence electrons. The Labute approximate surface area is 167 Å². The Morgan fingerprint density at radius 1 is 1.11 bits per heavy atom. The van der Waals surface area contributed by atoms with E-state index >= 15 is 0 Å². The summed E-state index contributed by atoms with van der Waals surface area (Å²) in [6.07, 6.45) is 3.67. The molecule has 0 spiro atoms. The maximum absolute atomic E-state index is 13.1. The Bertz CT molecular complexity index is 772. The lowest BCUT2D eigenvalue weighted by Gasteiger charge is -2.34. The molecule has 3 aliphatic rings. The fourth-order valence-corrected chi connectivity index (χ4v) is 5.52. The first-order valence-electron chi connectivity index (χ1n) is 10.4. The number of aryl methyl sites for hydroxylation is 1. The Kier molecular flexibility index (Phi) is 4.86. The molecule has 6 nitrogen and oxygen atoms in total. The summed E-state index contributed by atoms with van der Waals surface area (Å²) in [5, 5.41) is 0. The number of amides is 3. The zero-order chi connectivity index (χ0) is 20.1. The third kappa shape index (κ3) is 3.08. The normalized spacial score (nSPS) is 28.5. The van der Waals surface area contributed by atoms with E-state index in [1.165, 1.54) is 11.1 Å². The highest BCUT2D eigenvalue weighted by molar-refractivity contribution is 5.87. The molecule has 28 heavy (non-hydrogen) atoms. The molecule has 4 rings (SSSR count). The minimum absolute atomic E-state index is 0.0104. The van der Waals surface area contributed by atoms with Crippen LogP contribution >= 0.6 is 0 Å². The van der Waals surface area contributed by atoms with E-state index in [2.05, 4.69) is 19.1 Å². The largest absolute Gasteiger partial charge is 0.340 e. The molecule has 0 bridgehead atoms. The van der Waals surface area contributed by atoms with E-state index in [9.17, 15) is 9.59 Å². The van der Waals surface area contributed by atoms with Gasteiger partial charge in [0.2, 0.25) is 5.91 Å². The van der Waals surface area contributed by atoms with Crippen molar-refractivity contribution in [3.05, 3.63) is 35.4 Å². The molecule has 0 unspecified atom stereocenters. The molecular formula is C22H32N4O2. The third-order valence-electron chi connectivity index (χ3n) is 7.01. The Hall–Kier alpha value is -2.08. The lowest BCUT2D eigenvalue weighted by atomic mass is 9.87. The number of urea groups is 1. The summed E-state index contributed by atoms with van der Waals surface area (Å²) < 4.78 is 0. The van der Waals surface area contributed by atoms with Gasteiger partial charge < -0.3 is 20.4 Å². The summed E-state index contributed by atoms with van der Waals surface area (Å²) in [4.78, 5) is 31.7. The maximum atomic E-state index is 13.1. The summed E-state index contributed by atoms with van der Waals surface area (Å²) in [5.74, 6) is 0.690. The maximum Gasteiger partial charge on any atom is 0.320 e. The molecule has 2 heterocycles. The van der Waals surface area contributed by atoms with E-state index in [1.54, 1.807) is 19.0 Å². The first-order chi connectivity index (χ1) is 13.3. The van der Waals surface area contributed by atoms with Crippen molar-refractivity contribution in [2.75, 3.05) is 33.7 Å². The summed E-state index contributed by atoms with van der Waals surface area (Å²) in [6, 6.07) is 8.37. The average molecular weight is 385 g/mol. The van der Waals surface area contributed by atoms with Crippen LogP contribution in [0.3, 0.4) is 0 Å². The second kappa shape index (κ2) is 7.07. The van der Waals surface area contributed by atoms with Crippen LogP contribution in [-0.2, 0) is 4.79 Å². The number of likely N-dealkylation sites (tertiary alicyclic amines) is 2. The minimum atomic E-state index is -0.671. The molecule has 1 saturated carbocycles. The van der Waals surface area contributed by atoms with Gasteiger partial charge in [0.15, 0.2) is 0 Å². The van der Waals surface area contributed by atoms with Gasteiger partial charge in [0.05, 0.1) is 11.6 Å². The second-order valence-corrected chi connectivity index (χ2v) is 9.13. The van der Waals surface area contributed by atoms with Crippen LogP contribution in [0.5, 0.6) is 0 Å². The second-order valence-electron chi connectivity index (χ2n) is 9.13. The molecule has 2 aliphatic heterocycles. The van der Waals surface area contributed by atoms with E-state index in [0.717, 1.165) is 25.7 Å². The van der Waals surface area contributed by atoms with Gasteiger partial charge in [0.25, 0.3) is 0 Å². The van der Waals surface area contributed by atoms with E-state index in [0.29, 0.717) is 25.6 Å². The highest BCUT2D eigenvalue weighted by atomic mass is 16.2. The zero-order valence-electron chi connectivity index (χ0n) is 17.2. The molecular weight excluding hydrogens is 352 g/mol. The summed E-state index contributed by atoms with van der Waals surface area (Å²) in [7, 11) is 3.61. The molecule has 3 atom stereocenters. The number of nitrogens with zero attached hydrogens (tertiary/aromatic N) is 3. The first-order valence-corrected chi connectivity index (χ1v) is 10.4. The number of hydrogen-bond acceptors (Lipinski definition) is 3. The van der Waals surface area contributed by atoms with Gasteiger partial charge in [-0.15, -0.1) is 0 Å². The molecule has 6 heteroatoms. The minimum Gasteiger partial charge on any atom is -0.340 e. The molecule has 1 aromatic rings. The number of hydrogen-bond donors (Lipinski definition) is 1. The molecule has 2 saturated heterocycles. The number of rotatable bonds is 2. The quantitative estimate of drug-likeness (QED) is 0.851. The van der Waals surface area contributed by atoms with E-state index in [-0.39, 0.29) is 23.9 Å². The smallest absolute Gasteiger partial charge is 0.320 e. The predicted octanol–water partition coefficient (Wildman–Crippen LogP) is 2.38. The van der Waals surface area contributed by atoms with Crippen molar-refractivity contribution in [3.8, 4) is 0 Å². The van der Waals surface area contributed by atoms with Crippen molar-refractivity contribution in [1.29, 1.82) is 0 Å². The van der Waals surface area contributed by atoms with E-state index in [4.69, 9.17) is 5.73 Å². The molecule has 0 aromatic heterocycles. The van der Waals surface area contributed by atoms with Gasteiger partial charge in [-0.05, 0) is 30.9 Å². The molecule has 3 fully saturated rings. The van der Waals surface area contributed by atoms with Crippen LogP contribution in [0.15, 0.2) is 24.3 Å². The van der Waals surface area contributed by atoms with Crippen LogP contribution in [-0.4, -0.2) is 65.9 Å². The fraction of sp³-hybridized carbons (Fsp3) is 0.636. The number of nitrogens with two attached hydrogens (primary N) is 1. The molecule has 2 N–H and O–H groups in total. The lowest BCUT2D eigenvalue weighted by Crippen LogP contribution is -2.53. The first kappa shape index (κ1) is 19.2. The molecule has 3 amide bonds. The van der Waals surface area contributed by atoms with Crippen LogP contribution in [0.25, 0.3) is 0 Å². The van der Waals surface area contributed by atoms with Crippen LogP contribution in [0.1, 0.15) is 42.9 Å². The van der Waals surface area contributed by atoms with Crippen LogP contribution < -0.4 is 5.73 Å². The number of fused-ring (bicyclic) bond motifs is 1. The van der Waals surface area contributed by atoms with Gasteiger partial charge in [-0.2, -0.15) is 0 Å². The third-order valence-corrected chi connectivity index (χ3v) is 7.01. The number of benzene rings is 1. The van der Waals surface area contributed by atoms with E-state index in [1.807, 2.05) is 21.9 Å². The lowest BCUT2D eigenvalue weighted by molar-refractivity contribution is -0.136. The summed E-state index contributed by atoms with van der Waals surface area (Å²) in [6.45, 7) is 4.20. The standard InChI is InChI=1S/C22H32N4O2/c1-15-8-4-5-9-17(15)19-18-14-25(20(27)22(23)10-6-7-11-22)12-16(18)13-26(19)21(28)24(2)3/h4-5,8-9,16,18-19H,6-7,10-14,23H2,1-3H3/t16-,18-,19+/m1/s1. The highest BCUT2D eigenvalue weighted by Crippen LogP contribution is 2.46. The zero-order valence-corrected chi connectivity index (χ0v) is 17.2. The van der Waals surface area contributed by atoms with Crippen molar-refractivity contribution in [2.24, 2.45) is 17.6 Å². The van der Waals surface area contributed by atoms with Crippen LogP contribution in [0, 0.1) is 18.8 Å². The average Bonchev–Trinajstić information content (AvgIpc) is 3.35. The monoisotopic (exact) mass is 384 g/mol. The van der Waals surface area contributed by atoms with Crippen molar-refractivity contribution >= 4 is 11.9 Å². The van der Waals surface area contributed by atoms with Crippen molar-refractivity contribution in [2.45, 2.75) is 44.2 Å². The van der Waals surface area contributed by atoms with Crippen molar-refractivity contribution in [3.63, 3.8) is 0 Å². The Morgan fingerprint density at radius 3 is 2.43 bits per heavy atom. The number of carbonyl (C=O) groups is 2. The SMILES string of the molecule is Cc1ccccc1[C@H]1[C@@H]2CN(C(=O)C3(N)CCCC3)C[C@@H]2CN1C(=O)N(C)C. The summed E-state index contributed by atoms with van der Waals surface area (Å²) >= 11 is 0. The van der Waals surface area contributed by atoms with Crippen molar-refractivity contribution < 1.29 is 9.59 Å². The number of carbonyl (C=O) groups excluding carboxylic acids is 2. The Balaban J connectivity index is 1.61. The van der Waals surface area contributed by atoms with E-state index < -0.39 is 5.54 Å². The van der Waals surface area contributed by atoms with Gasteiger partial charge in [0.1, 0.15) is 0 Å². The molecule has 1 aromatic carbocycles. The van der Waals surface area contributed by atoms with Crippen LogP contribution in [0.2, 0.25) is 0 Å². The van der Waals surface area contributed by atoms with Gasteiger partial charge in [-0.3, -0.25) is 4.79 Å². The predicted molar refractivity (Wildman–Crippen MR) is 109 cm³/mol. The highest BCUT2D eigenvalue weighted by Gasteiger charge is 2.52. The Morgan fingerprint density at radius 2 is 1.79 bits per heavy atom. The van der Waals surface area contributed by atoms with Gasteiger partial charge in [-0.25, -0.2) is 4.79 Å². The topological polar surface area (TPSA) is 69.9 Å².